The minimum absolute atomic E-state index is 0.0776. The smallest absolute Gasteiger partial charge is 0.323 e. The monoisotopic (exact) mass is 279 g/mol. The fourth-order valence-corrected chi connectivity index (χ4v) is 2.53. The van der Waals surface area contributed by atoms with Crippen molar-refractivity contribution in [1.82, 2.24) is 9.55 Å². The summed E-state index contributed by atoms with van der Waals surface area (Å²) in [5, 5.41) is 0.661. The third kappa shape index (κ3) is 2.00. The molecule has 0 fully saturated rings. The van der Waals surface area contributed by atoms with Crippen LogP contribution in [0.2, 0.25) is 5.02 Å². The quantitative estimate of drug-likeness (QED) is 0.848. The van der Waals surface area contributed by atoms with Crippen LogP contribution < -0.4 is 10.5 Å². The molecule has 0 aliphatic rings. The second kappa shape index (κ2) is 4.23. The summed E-state index contributed by atoms with van der Waals surface area (Å²) in [6.45, 7) is -2.93. The van der Waals surface area contributed by atoms with Crippen molar-refractivity contribution in [2.75, 3.05) is 19.0 Å². The molecule has 0 saturated carbocycles. The van der Waals surface area contributed by atoms with Gasteiger partial charge in [-0.2, -0.15) is 8.78 Å². The summed E-state index contributed by atoms with van der Waals surface area (Å²) in [6.07, 6.45) is 0. The number of alkyl halides is 2. The van der Waals surface area contributed by atoms with Gasteiger partial charge < -0.3 is 4.90 Å². The lowest BCUT2D eigenvalue weighted by Gasteiger charge is -2.05. The first-order valence-electron chi connectivity index (χ1n) is 4.59. The number of halogens is 3. The Kier molecular flexibility index (Phi) is 3.05. The van der Waals surface area contributed by atoms with Crippen LogP contribution in [0.3, 0.4) is 0 Å². The molecule has 0 aliphatic heterocycles. The van der Waals surface area contributed by atoms with E-state index in [0.29, 0.717) is 14.4 Å². The number of hydrogen-bond donors (Lipinski definition) is 0. The third-order valence-electron chi connectivity index (χ3n) is 2.11. The van der Waals surface area contributed by atoms with Crippen molar-refractivity contribution < 1.29 is 8.78 Å². The minimum Gasteiger partial charge on any atom is -0.354 e. The Balaban J connectivity index is 2.85. The van der Waals surface area contributed by atoms with Crippen LogP contribution in [0.5, 0.6) is 0 Å². The molecule has 0 aliphatic carbocycles. The Morgan fingerprint density at radius 2 is 2.18 bits per heavy atom. The van der Waals surface area contributed by atoms with E-state index >= 15 is 0 Å². The Hall–Kier alpha value is -1.21. The van der Waals surface area contributed by atoms with Gasteiger partial charge in [0.05, 0.1) is 9.72 Å². The molecule has 4 nitrogen and oxygen atoms in total. The maximum atomic E-state index is 12.8. The molecule has 0 atom stereocenters. The number of thiazole rings is 1. The molecule has 17 heavy (non-hydrogen) atoms. The van der Waals surface area contributed by atoms with Crippen molar-refractivity contribution in [2.45, 2.75) is 6.55 Å². The van der Waals surface area contributed by atoms with Gasteiger partial charge in [0.25, 0.3) is 5.56 Å². The van der Waals surface area contributed by atoms with E-state index in [0.717, 1.165) is 17.4 Å². The number of hydrogen-bond acceptors (Lipinski definition) is 4. The highest BCUT2D eigenvalue weighted by Crippen LogP contribution is 2.33. The molecule has 0 amide bonds. The van der Waals surface area contributed by atoms with Crippen molar-refractivity contribution in [3.8, 4) is 0 Å². The van der Waals surface area contributed by atoms with Gasteiger partial charge in [0.15, 0.2) is 10.8 Å². The van der Waals surface area contributed by atoms with Crippen LogP contribution in [0.25, 0.3) is 10.3 Å². The van der Waals surface area contributed by atoms with Crippen LogP contribution in [-0.2, 0) is 0 Å². The first-order valence-corrected chi connectivity index (χ1v) is 5.78. The fraction of sp³-hybridized carbons (Fsp3) is 0.333. The molecule has 0 spiro atoms. The molecule has 92 valence electrons. The summed E-state index contributed by atoms with van der Waals surface area (Å²) in [5.41, 5.74) is -0.931. The van der Waals surface area contributed by atoms with Crippen LogP contribution in [0, 0.1) is 0 Å². The summed E-state index contributed by atoms with van der Waals surface area (Å²) < 4.78 is 26.3. The molecule has 0 unspecified atom stereocenters. The van der Waals surface area contributed by atoms with E-state index in [4.69, 9.17) is 11.6 Å². The van der Waals surface area contributed by atoms with E-state index in [-0.39, 0.29) is 10.7 Å². The summed E-state index contributed by atoms with van der Waals surface area (Å²) in [4.78, 5) is 17.1. The average Bonchev–Trinajstić information content (AvgIpc) is 2.61. The molecule has 0 radical (unpaired) electrons. The number of nitrogens with zero attached hydrogens (tertiary/aromatic N) is 3. The lowest BCUT2D eigenvalue weighted by molar-refractivity contribution is 0.0709. The fourth-order valence-electron chi connectivity index (χ4n) is 1.35. The highest BCUT2D eigenvalue weighted by Gasteiger charge is 2.19. The number of pyridine rings is 1. The molecular formula is C9H8ClF2N3OS. The Bertz CT molecular complexity index is 622. The van der Waals surface area contributed by atoms with Gasteiger partial charge in [-0.3, -0.25) is 4.79 Å². The lowest BCUT2D eigenvalue weighted by Crippen LogP contribution is -2.20. The summed E-state index contributed by atoms with van der Waals surface area (Å²) in [7, 11) is 3.47. The largest absolute Gasteiger partial charge is 0.354 e. The van der Waals surface area contributed by atoms with Gasteiger partial charge in [0, 0.05) is 20.2 Å². The predicted octanol–water partition coefficient (Wildman–Crippen LogP) is 2.57. The second-order valence-corrected chi connectivity index (χ2v) is 4.91. The highest BCUT2D eigenvalue weighted by molar-refractivity contribution is 7.22. The Labute approximate surface area is 104 Å². The van der Waals surface area contributed by atoms with Crippen LogP contribution in [-0.4, -0.2) is 23.6 Å². The maximum Gasteiger partial charge on any atom is 0.323 e. The zero-order chi connectivity index (χ0) is 12.7. The predicted molar refractivity (Wildman–Crippen MR) is 64.5 cm³/mol. The summed E-state index contributed by atoms with van der Waals surface area (Å²) >= 11 is 7.01. The van der Waals surface area contributed by atoms with Crippen LogP contribution in [0.1, 0.15) is 6.55 Å². The van der Waals surface area contributed by atoms with E-state index in [2.05, 4.69) is 4.98 Å². The van der Waals surface area contributed by atoms with Crippen LogP contribution >= 0.6 is 22.9 Å². The first-order chi connectivity index (χ1) is 7.91. The van der Waals surface area contributed by atoms with Gasteiger partial charge in [0.1, 0.15) is 0 Å². The minimum atomic E-state index is -2.93. The van der Waals surface area contributed by atoms with Gasteiger partial charge in [-0.1, -0.05) is 22.9 Å². The number of fused-ring (bicyclic) bond motifs is 1. The lowest BCUT2D eigenvalue weighted by atomic mass is 10.4. The Morgan fingerprint density at radius 3 is 2.71 bits per heavy atom. The summed E-state index contributed by atoms with van der Waals surface area (Å²) in [6, 6.07) is 0.980. The standard InChI is InChI=1S/C9H8ClF2N3OS/c1-14(2)9-13-7-6(17-9)4(10)3-5(16)15(7)8(11)12/h3,8H,1-2H3. The van der Waals surface area contributed by atoms with E-state index < -0.39 is 12.1 Å². The highest BCUT2D eigenvalue weighted by atomic mass is 35.5. The summed E-state index contributed by atoms with van der Waals surface area (Å²) in [5.74, 6) is 0. The average molecular weight is 280 g/mol. The van der Waals surface area contributed by atoms with Crippen LogP contribution in [0.4, 0.5) is 13.9 Å². The van der Waals surface area contributed by atoms with Crippen molar-refractivity contribution in [3.05, 3.63) is 21.4 Å². The van der Waals surface area contributed by atoms with Gasteiger partial charge in [0.2, 0.25) is 0 Å². The van der Waals surface area contributed by atoms with Crippen molar-refractivity contribution in [3.63, 3.8) is 0 Å². The zero-order valence-electron chi connectivity index (χ0n) is 8.95. The van der Waals surface area contributed by atoms with E-state index in [1.807, 2.05) is 0 Å². The molecule has 8 heteroatoms. The third-order valence-corrected chi connectivity index (χ3v) is 3.76. The molecule has 0 bridgehead atoms. The molecule has 2 aromatic heterocycles. The van der Waals surface area contributed by atoms with E-state index in [9.17, 15) is 13.6 Å². The number of aromatic nitrogens is 2. The van der Waals surface area contributed by atoms with Crippen molar-refractivity contribution >= 4 is 38.4 Å². The van der Waals surface area contributed by atoms with Gasteiger partial charge >= 0.3 is 6.55 Å². The molecule has 0 saturated heterocycles. The van der Waals surface area contributed by atoms with Crippen molar-refractivity contribution in [2.24, 2.45) is 0 Å². The number of rotatable bonds is 2. The second-order valence-electron chi connectivity index (χ2n) is 3.52. The van der Waals surface area contributed by atoms with Gasteiger partial charge in [-0.05, 0) is 0 Å². The molecule has 2 rings (SSSR count). The van der Waals surface area contributed by atoms with Gasteiger partial charge in [-0.15, -0.1) is 0 Å². The molecule has 2 heterocycles. The Morgan fingerprint density at radius 1 is 1.53 bits per heavy atom. The van der Waals surface area contributed by atoms with Crippen molar-refractivity contribution in [1.29, 1.82) is 0 Å². The van der Waals surface area contributed by atoms with E-state index in [1.54, 1.807) is 19.0 Å². The molecule has 0 aromatic carbocycles. The maximum absolute atomic E-state index is 12.8. The molecular weight excluding hydrogens is 272 g/mol. The SMILES string of the molecule is CN(C)c1nc2c(s1)c(Cl)cc(=O)n2C(F)F. The van der Waals surface area contributed by atoms with E-state index in [1.165, 1.54) is 0 Å². The molecule has 0 N–H and O–H groups in total. The normalized spacial score (nSPS) is 11.4. The number of anilines is 1. The first kappa shape index (κ1) is 12.3. The topological polar surface area (TPSA) is 38.1 Å². The molecule has 2 aromatic rings. The zero-order valence-corrected chi connectivity index (χ0v) is 10.5. The van der Waals surface area contributed by atoms with Gasteiger partial charge in [-0.25, -0.2) is 9.55 Å². The van der Waals surface area contributed by atoms with Crippen LogP contribution in [0.15, 0.2) is 10.9 Å².